The van der Waals surface area contributed by atoms with Gasteiger partial charge in [-0.15, -0.1) is 0 Å². The van der Waals surface area contributed by atoms with Crippen molar-refractivity contribution in [1.82, 2.24) is 24.9 Å². The number of nitrogens with one attached hydrogen (secondary N) is 1. The minimum Gasteiger partial charge on any atom is -0.315 e. The van der Waals surface area contributed by atoms with Gasteiger partial charge in [0.25, 0.3) is 0 Å². The Morgan fingerprint density at radius 1 is 1.33 bits per heavy atom. The maximum Gasteiger partial charge on any atom is 0.0640 e. The maximum absolute atomic E-state index is 4.70. The van der Waals surface area contributed by atoms with E-state index in [0.717, 1.165) is 13.0 Å². The van der Waals surface area contributed by atoms with Gasteiger partial charge in [0.2, 0.25) is 0 Å². The molecule has 1 fully saturated rings. The van der Waals surface area contributed by atoms with Crippen molar-refractivity contribution in [2.75, 3.05) is 40.8 Å². The van der Waals surface area contributed by atoms with Gasteiger partial charge in [-0.05, 0) is 60.6 Å². The van der Waals surface area contributed by atoms with Gasteiger partial charge in [-0.3, -0.25) is 4.68 Å². The first kappa shape index (κ1) is 16.5. The summed E-state index contributed by atoms with van der Waals surface area (Å²) in [7, 11) is 6.55. The number of aromatic nitrogens is 2. The van der Waals surface area contributed by atoms with Crippen molar-refractivity contribution in [1.29, 1.82) is 0 Å². The van der Waals surface area contributed by atoms with Crippen molar-refractivity contribution in [3.63, 3.8) is 0 Å². The van der Waals surface area contributed by atoms with Crippen molar-refractivity contribution in [3.05, 3.63) is 18.0 Å². The molecule has 1 aliphatic heterocycles. The van der Waals surface area contributed by atoms with Crippen LogP contribution in [0.4, 0.5) is 0 Å². The van der Waals surface area contributed by atoms with Crippen molar-refractivity contribution in [2.24, 2.45) is 0 Å². The zero-order chi connectivity index (χ0) is 15.4. The van der Waals surface area contributed by atoms with Crippen LogP contribution in [0.3, 0.4) is 0 Å². The Hall–Kier alpha value is -0.910. The van der Waals surface area contributed by atoms with E-state index in [2.05, 4.69) is 62.4 Å². The lowest BCUT2D eigenvalue weighted by molar-refractivity contribution is 0.180. The quantitative estimate of drug-likeness (QED) is 0.886. The largest absolute Gasteiger partial charge is 0.315 e. The first-order chi connectivity index (χ1) is 10.0. The lowest BCUT2D eigenvalue weighted by atomic mass is 10.0. The highest BCUT2D eigenvalue weighted by Crippen LogP contribution is 2.14. The minimum absolute atomic E-state index is 0.429. The molecule has 21 heavy (non-hydrogen) atoms. The van der Waals surface area contributed by atoms with Gasteiger partial charge in [-0.1, -0.05) is 0 Å². The van der Waals surface area contributed by atoms with Gasteiger partial charge in [0.1, 0.15) is 0 Å². The fraction of sp³-hybridized carbons (Fsp3) is 0.812. The van der Waals surface area contributed by atoms with E-state index in [4.69, 9.17) is 5.10 Å². The Bertz CT molecular complexity index is 428. The predicted octanol–water partition coefficient (Wildman–Crippen LogP) is 1.23. The fourth-order valence-corrected chi connectivity index (χ4v) is 3.17. The normalized spacial score (nSPS) is 23.4. The predicted molar refractivity (Wildman–Crippen MR) is 87.7 cm³/mol. The first-order valence-corrected chi connectivity index (χ1v) is 8.11. The third-order valence-electron chi connectivity index (χ3n) is 4.57. The van der Waals surface area contributed by atoms with E-state index in [1.165, 1.54) is 25.2 Å². The lowest BCUT2D eigenvalue weighted by Crippen LogP contribution is -2.52. The van der Waals surface area contributed by atoms with E-state index in [9.17, 15) is 0 Å². The standard InChI is InChI=1S/C16H31N5/c1-13(2)21-10-7-14(18-21)11-15(17-3)16-12-19(4)8-6-9-20(16)5/h7,10,13,15-17H,6,8-9,11-12H2,1-5H3. The number of hydrogen-bond donors (Lipinski definition) is 1. The molecule has 2 atom stereocenters. The van der Waals surface area contributed by atoms with Crippen molar-refractivity contribution >= 4 is 0 Å². The van der Waals surface area contributed by atoms with Crippen LogP contribution < -0.4 is 5.32 Å². The molecule has 0 aromatic carbocycles. The summed E-state index contributed by atoms with van der Waals surface area (Å²) in [6.07, 6.45) is 4.33. The molecule has 0 bridgehead atoms. The van der Waals surface area contributed by atoms with Crippen LogP contribution in [-0.2, 0) is 6.42 Å². The first-order valence-electron chi connectivity index (χ1n) is 8.11. The average molecular weight is 293 g/mol. The monoisotopic (exact) mass is 293 g/mol. The highest BCUT2D eigenvalue weighted by atomic mass is 15.3. The van der Waals surface area contributed by atoms with Crippen LogP contribution in [0.15, 0.2) is 12.3 Å². The van der Waals surface area contributed by atoms with Gasteiger partial charge in [-0.25, -0.2) is 0 Å². The molecule has 1 N–H and O–H groups in total. The summed E-state index contributed by atoms with van der Waals surface area (Å²) in [4.78, 5) is 4.95. The summed E-state index contributed by atoms with van der Waals surface area (Å²) in [5, 5.41) is 8.22. The molecule has 1 aliphatic rings. The summed E-state index contributed by atoms with van der Waals surface area (Å²) in [6.45, 7) is 7.82. The Morgan fingerprint density at radius 3 is 2.71 bits per heavy atom. The molecule has 1 saturated heterocycles. The van der Waals surface area contributed by atoms with E-state index >= 15 is 0 Å². The van der Waals surface area contributed by atoms with Gasteiger partial charge in [0.15, 0.2) is 0 Å². The number of hydrogen-bond acceptors (Lipinski definition) is 4. The molecular formula is C16H31N5. The van der Waals surface area contributed by atoms with Crippen LogP contribution >= 0.6 is 0 Å². The molecule has 0 aliphatic carbocycles. The third kappa shape index (κ3) is 4.28. The summed E-state index contributed by atoms with van der Waals surface area (Å²) < 4.78 is 2.05. The molecule has 5 nitrogen and oxygen atoms in total. The molecule has 0 amide bonds. The maximum atomic E-state index is 4.70. The van der Waals surface area contributed by atoms with E-state index in [0.29, 0.717) is 18.1 Å². The summed E-state index contributed by atoms with van der Waals surface area (Å²) >= 11 is 0. The highest BCUT2D eigenvalue weighted by Gasteiger charge is 2.28. The lowest BCUT2D eigenvalue weighted by Gasteiger charge is -2.34. The Balaban J connectivity index is 2.06. The van der Waals surface area contributed by atoms with Crippen molar-refractivity contribution < 1.29 is 0 Å². The third-order valence-corrected chi connectivity index (χ3v) is 4.57. The molecule has 2 rings (SSSR count). The molecule has 0 spiro atoms. The van der Waals surface area contributed by atoms with Gasteiger partial charge in [0.05, 0.1) is 5.69 Å². The molecular weight excluding hydrogens is 262 g/mol. The Labute approximate surface area is 129 Å². The Morgan fingerprint density at radius 2 is 2.10 bits per heavy atom. The smallest absolute Gasteiger partial charge is 0.0640 e. The molecule has 5 heteroatoms. The van der Waals surface area contributed by atoms with Crippen molar-refractivity contribution in [2.45, 2.75) is 44.8 Å². The molecule has 0 radical (unpaired) electrons. The van der Waals surface area contributed by atoms with E-state index in [1.54, 1.807) is 0 Å². The number of nitrogens with zero attached hydrogens (tertiary/aromatic N) is 4. The van der Waals surface area contributed by atoms with E-state index in [-0.39, 0.29) is 0 Å². The zero-order valence-corrected chi connectivity index (χ0v) is 14.2. The molecule has 2 unspecified atom stereocenters. The van der Waals surface area contributed by atoms with Gasteiger partial charge in [-0.2, -0.15) is 5.10 Å². The molecule has 1 aromatic rings. The second-order valence-electron chi connectivity index (χ2n) is 6.64. The van der Waals surface area contributed by atoms with Crippen LogP contribution in [-0.4, -0.2) is 72.4 Å². The van der Waals surface area contributed by atoms with Gasteiger partial charge in [0, 0.05) is 37.3 Å². The second-order valence-corrected chi connectivity index (χ2v) is 6.64. The second kappa shape index (κ2) is 7.38. The van der Waals surface area contributed by atoms with Crippen LogP contribution in [0.1, 0.15) is 32.0 Å². The van der Waals surface area contributed by atoms with Crippen LogP contribution in [0.25, 0.3) is 0 Å². The van der Waals surface area contributed by atoms with E-state index in [1.807, 2.05) is 4.68 Å². The fourth-order valence-electron chi connectivity index (χ4n) is 3.17. The summed E-state index contributed by atoms with van der Waals surface area (Å²) in [6, 6.07) is 3.56. The highest BCUT2D eigenvalue weighted by molar-refractivity contribution is 5.04. The van der Waals surface area contributed by atoms with Gasteiger partial charge >= 0.3 is 0 Å². The van der Waals surface area contributed by atoms with Crippen LogP contribution in [0.2, 0.25) is 0 Å². The number of rotatable bonds is 5. The molecule has 2 heterocycles. The van der Waals surface area contributed by atoms with Crippen LogP contribution in [0, 0.1) is 0 Å². The number of likely N-dealkylation sites (N-methyl/N-ethyl adjacent to an activating group) is 3. The zero-order valence-electron chi connectivity index (χ0n) is 14.2. The minimum atomic E-state index is 0.429. The molecule has 0 saturated carbocycles. The Kier molecular flexibility index (Phi) is 5.79. The molecule has 1 aromatic heterocycles. The van der Waals surface area contributed by atoms with E-state index < -0.39 is 0 Å². The summed E-state index contributed by atoms with van der Waals surface area (Å²) in [5.74, 6) is 0. The van der Waals surface area contributed by atoms with Crippen LogP contribution in [0.5, 0.6) is 0 Å². The SMILES string of the molecule is CNC(Cc1ccn(C(C)C)n1)C1CN(C)CCCN1C. The van der Waals surface area contributed by atoms with Gasteiger partial charge < -0.3 is 15.1 Å². The topological polar surface area (TPSA) is 36.3 Å². The average Bonchev–Trinajstić information content (AvgIpc) is 2.84. The summed E-state index contributed by atoms with van der Waals surface area (Å²) in [5.41, 5.74) is 1.18. The van der Waals surface area contributed by atoms with Crippen molar-refractivity contribution in [3.8, 4) is 0 Å². The molecule has 120 valence electrons.